The van der Waals surface area contributed by atoms with E-state index in [0.29, 0.717) is 18.5 Å². The summed E-state index contributed by atoms with van der Waals surface area (Å²) in [5.41, 5.74) is 5.82. The molecule has 8 N–H and O–H groups in total. The van der Waals surface area contributed by atoms with E-state index in [4.69, 9.17) is 5.73 Å². The minimum Gasteiger partial charge on any atom is -0.508 e. The van der Waals surface area contributed by atoms with Gasteiger partial charge in [0.15, 0.2) is 0 Å². The molecule has 2 rings (SSSR count). The normalized spacial score (nSPS) is 17.6. The first kappa shape index (κ1) is 27.9. The first-order valence-corrected chi connectivity index (χ1v) is 11.8. The molecule has 0 aromatic heterocycles. The number of nitrogens with two attached hydrogens (primary N) is 1. The summed E-state index contributed by atoms with van der Waals surface area (Å²) in [5.74, 6) is -4.07. The van der Waals surface area contributed by atoms with Crippen LogP contribution in [0.3, 0.4) is 0 Å². The quantitative estimate of drug-likeness (QED) is 0.146. The molecule has 13 heteroatoms. The van der Waals surface area contributed by atoms with Gasteiger partial charge in [-0.3, -0.25) is 19.2 Å². The molecular formula is C22H31N5O7S. The number of carboxylic acids is 1. The third-order valence-electron chi connectivity index (χ3n) is 5.50. The van der Waals surface area contributed by atoms with E-state index in [9.17, 15) is 34.2 Å². The SMILES string of the molecule is NC(=O)CCC(NC(=O)C(Cc1ccc(O)cc1)NC(=O)C1CCCN1)C(=O)NC(CS)C(=O)O. The van der Waals surface area contributed by atoms with Gasteiger partial charge >= 0.3 is 5.97 Å². The van der Waals surface area contributed by atoms with Crippen molar-refractivity contribution in [2.45, 2.75) is 56.3 Å². The molecule has 0 saturated carbocycles. The summed E-state index contributed by atoms with van der Waals surface area (Å²) < 4.78 is 0. The molecule has 4 unspecified atom stereocenters. The number of carbonyl (C=O) groups excluding carboxylic acids is 4. The summed E-state index contributed by atoms with van der Waals surface area (Å²) in [6, 6.07) is 1.95. The van der Waals surface area contributed by atoms with Crippen LogP contribution in [-0.4, -0.2) is 76.3 Å². The van der Waals surface area contributed by atoms with Crippen LogP contribution in [-0.2, 0) is 30.4 Å². The van der Waals surface area contributed by atoms with Crippen molar-refractivity contribution in [2.75, 3.05) is 12.3 Å². The van der Waals surface area contributed by atoms with Crippen molar-refractivity contribution in [1.82, 2.24) is 21.3 Å². The highest BCUT2D eigenvalue weighted by atomic mass is 32.1. The highest BCUT2D eigenvalue weighted by Crippen LogP contribution is 2.13. The van der Waals surface area contributed by atoms with Crippen molar-refractivity contribution in [3.05, 3.63) is 29.8 Å². The van der Waals surface area contributed by atoms with Crippen LogP contribution in [0.25, 0.3) is 0 Å². The van der Waals surface area contributed by atoms with Crippen LogP contribution < -0.4 is 27.0 Å². The molecule has 192 valence electrons. The maximum atomic E-state index is 13.2. The number of rotatable bonds is 13. The molecule has 1 fully saturated rings. The van der Waals surface area contributed by atoms with Crippen molar-refractivity contribution in [1.29, 1.82) is 0 Å². The summed E-state index contributed by atoms with van der Waals surface area (Å²) in [4.78, 5) is 61.1. The average Bonchev–Trinajstić information content (AvgIpc) is 3.35. The van der Waals surface area contributed by atoms with E-state index in [-0.39, 0.29) is 36.7 Å². The molecule has 1 heterocycles. The van der Waals surface area contributed by atoms with Gasteiger partial charge < -0.3 is 37.2 Å². The number of phenolic OH excluding ortho intramolecular Hbond substituents is 1. The molecule has 0 spiro atoms. The second-order valence-corrected chi connectivity index (χ2v) is 8.59. The van der Waals surface area contributed by atoms with Gasteiger partial charge in [-0.05, 0) is 43.5 Å². The van der Waals surface area contributed by atoms with E-state index in [2.05, 4.69) is 33.9 Å². The van der Waals surface area contributed by atoms with Gasteiger partial charge in [-0.2, -0.15) is 12.6 Å². The Kier molecular flexibility index (Phi) is 10.8. The van der Waals surface area contributed by atoms with Crippen LogP contribution >= 0.6 is 12.6 Å². The minimum absolute atomic E-state index is 0.0364. The van der Waals surface area contributed by atoms with Crippen molar-refractivity contribution in [2.24, 2.45) is 5.73 Å². The number of aliphatic carboxylic acids is 1. The first-order valence-electron chi connectivity index (χ1n) is 11.1. The van der Waals surface area contributed by atoms with E-state index in [1.165, 1.54) is 12.1 Å². The lowest BCUT2D eigenvalue weighted by molar-refractivity contribution is -0.141. The number of carboxylic acid groups (broad SMARTS) is 1. The number of carbonyl (C=O) groups is 5. The highest BCUT2D eigenvalue weighted by Gasteiger charge is 2.31. The Labute approximate surface area is 207 Å². The van der Waals surface area contributed by atoms with Gasteiger partial charge in [-0.25, -0.2) is 4.79 Å². The van der Waals surface area contributed by atoms with Gasteiger partial charge in [0, 0.05) is 18.6 Å². The predicted octanol–water partition coefficient (Wildman–Crippen LogP) is -1.58. The molecule has 4 atom stereocenters. The topological polar surface area (TPSA) is 200 Å². The molecule has 0 aliphatic carbocycles. The number of primary amides is 1. The standard InChI is InChI=1S/C22H31N5O7S/c23-18(29)8-7-15(20(31)27-17(11-35)22(33)34)25-21(32)16(10-12-3-5-13(28)6-4-12)26-19(30)14-2-1-9-24-14/h3-6,14-17,24,28,35H,1-2,7-11H2,(H2,23,29)(H,25,32)(H,26,30)(H,27,31)(H,33,34). The first-order chi connectivity index (χ1) is 16.6. The summed E-state index contributed by atoms with van der Waals surface area (Å²) in [7, 11) is 0. The fourth-order valence-corrected chi connectivity index (χ4v) is 3.79. The third kappa shape index (κ3) is 9.09. The zero-order chi connectivity index (χ0) is 26.0. The molecule has 1 aliphatic heterocycles. The average molecular weight is 510 g/mol. The number of nitrogens with one attached hydrogen (secondary N) is 4. The second kappa shape index (κ2) is 13.5. The second-order valence-electron chi connectivity index (χ2n) is 8.23. The van der Waals surface area contributed by atoms with Crippen LogP contribution in [0.1, 0.15) is 31.2 Å². The molecule has 12 nitrogen and oxygen atoms in total. The maximum absolute atomic E-state index is 13.2. The number of phenols is 1. The number of hydrogen-bond donors (Lipinski definition) is 8. The van der Waals surface area contributed by atoms with Crippen molar-refractivity contribution < 1.29 is 34.2 Å². The van der Waals surface area contributed by atoms with Crippen LogP contribution in [0.4, 0.5) is 0 Å². The van der Waals surface area contributed by atoms with Crippen LogP contribution in [0.2, 0.25) is 0 Å². The van der Waals surface area contributed by atoms with E-state index in [1.807, 2.05) is 0 Å². The van der Waals surface area contributed by atoms with Crippen molar-refractivity contribution >= 4 is 42.2 Å². The van der Waals surface area contributed by atoms with Gasteiger partial charge in [-0.1, -0.05) is 12.1 Å². The van der Waals surface area contributed by atoms with Gasteiger partial charge in [0.2, 0.25) is 23.6 Å². The fraction of sp³-hybridized carbons (Fsp3) is 0.500. The Bertz CT molecular complexity index is 921. The summed E-state index contributed by atoms with van der Waals surface area (Å²) in [6.45, 7) is 0.679. The fourth-order valence-electron chi connectivity index (χ4n) is 3.54. The Balaban J connectivity index is 2.20. The zero-order valence-corrected chi connectivity index (χ0v) is 19.9. The number of benzene rings is 1. The molecule has 35 heavy (non-hydrogen) atoms. The summed E-state index contributed by atoms with van der Waals surface area (Å²) in [5, 5.41) is 29.2. The van der Waals surface area contributed by atoms with E-state index in [1.54, 1.807) is 12.1 Å². The van der Waals surface area contributed by atoms with Crippen LogP contribution in [0.5, 0.6) is 5.75 Å². The predicted molar refractivity (Wildman–Crippen MR) is 129 cm³/mol. The number of amides is 4. The van der Waals surface area contributed by atoms with Crippen LogP contribution in [0, 0.1) is 0 Å². The molecule has 1 aliphatic rings. The molecule has 1 aromatic carbocycles. The van der Waals surface area contributed by atoms with Gasteiger partial charge in [0.05, 0.1) is 6.04 Å². The van der Waals surface area contributed by atoms with E-state index in [0.717, 1.165) is 6.42 Å². The lowest BCUT2D eigenvalue weighted by atomic mass is 10.0. The van der Waals surface area contributed by atoms with E-state index < -0.39 is 47.9 Å². The Morgan fingerprint density at radius 3 is 2.20 bits per heavy atom. The molecule has 0 bridgehead atoms. The Morgan fingerprint density at radius 2 is 1.66 bits per heavy atom. The molecule has 4 amide bonds. The maximum Gasteiger partial charge on any atom is 0.327 e. The Hall–Kier alpha value is -3.32. The molecule has 0 radical (unpaired) electrons. The summed E-state index contributed by atoms with van der Waals surface area (Å²) >= 11 is 3.90. The van der Waals surface area contributed by atoms with E-state index >= 15 is 0 Å². The van der Waals surface area contributed by atoms with Crippen molar-refractivity contribution in [3.8, 4) is 5.75 Å². The number of aromatic hydroxyl groups is 1. The molecule has 1 aromatic rings. The smallest absolute Gasteiger partial charge is 0.327 e. The third-order valence-corrected chi connectivity index (χ3v) is 5.86. The minimum atomic E-state index is -1.31. The van der Waals surface area contributed by atoms with Crippen molar-refractivity contribution in [3.63, 3.8) is 0 Å². The monoisotopic (exact) mass is 509 g/mol. The van der Waals surface area contributed by atoms with Gasteiger partial charge in [0.25, 0.3) is 0 Å². The molecular weight excluding hydrogens is 478 g/mol. The summed E-state index contributed by atoms with van der Waals surface area (Å²) in [6.07, 6.45) is 1.08. The zero-order valence-electron chi connectivity index (χ0n) is 19.0. The van der Waals surface area contributed by atoms with Gasteiger partial charge in [0.1, 0.15) is 23.9 Å². The number of hydrogen-bond acceptors (Lipinski definition) is 8. The van der Waals surface area contributed by atoms with Crippen LogP contribution in [0.15, 0.2) is 24.3 Å². The lowest BCUT2D eigenvalue weighted by Gasteiger charge is -2.25. The number of thiol groups is 1. The lowest BCUT2D eigenvalue weighted by Crippen LogP contribution is -2.57. The highest BCUT2D eigenvalue weighted by molar-refractivity contribution is 7.80. The Morgan fingerprint density at radius 1 is 1.03 bits per heavy atom. The van der Waals surface area contributed by atoms with Gasteiger partial charge in [-0.15, -0.1) is 0 Å². The molecule has 1 saturated heterocycles. The largest absolute Gasteiger partial charge is 0.508 e.